The Morgan fingerprint density at radius 1 is 0.857 bits per heavy atom. The van der Waals surface area contributed by atoms with Crippen molar-refractivity contribution in [2.75, 3.05) is 48.9 Å². The van der Waals surface area contributed by atoms with Gasteiger partial charge in [0.2, 0.25) is 11.9 Å². The van der Waals surface area contributed by atoms with Gasteiger partial charge in [0.1, 0.15) is 18.4 Å². The number of nitrogens with one attached hydrogen (secondary N) is 5. The van der Waals surface area contributed by atoms with Crippen LogP contribution >= 0.6 is 11.6 Å². The van der Waals surface area contributed by atoms with E-state index in [-0.39, 0.29) is 23.1 Å². The van der Waals surface area contributed by atoms with Crippen LogP contribution in [0.1, 0.15) is 35.7 Å². The highest BCUT2D eigenvalue weighted by Crippen LogP contribution is 2.48. The average molecular weight is 801 g/mol. The van der Waals surface area contributed by atoms with E-state index in [1.165, 1.54) is 36.4 Å². The van der Waals surface area contributed by atoms with E-state index in [0.29, 0.717) is 49.1 Å². The number of benzene rings is 3. The Balaban J connectivity index is 1.17. The van der Waals surface area contributed by atoms with Crippen LogP contribution in [-0.4, -0.2) is 88.9 Å². The summed E-state index contributed by atoms with van der Waals surface area (Å²) in [5.41, 5.74) is 0.903. The van der Waals surface area contributed by atoms with Gasteiger partial charge < -0.3 is 45.9 Å². The van der Waals surface area contributed by atoms with Crippen molar-refractivity contribution >= 4 is 58.6 Å². The molecule has 6 N–H and O–H groups in total. The monoisotopic (exact) mass is 800 g/mol. The van der Waals surface area contributed by atoms with Gasteiger partial charge in [0.05, 0.1) is 12.1 Å². The van der Waals surface area contributed by atoms with Crippen molar-refractivity contribution in [1.82, 2.24) is 25.6 Å². The molecule has 5 rings (SSSR count). The quantitative estimate of drug-likeness (QED) is 0.0597. The SMILES string of the molecule is CCOCCOc1ccc(NC(=O)C(=O)NC[C@H](NC(=O)c2ccc(Nc3nc(NC4(c5ccc(Cl)cc5)CC4)nc(OCC(F)(F)F)n3)cc2)C(=O)O)cc1. The third-order valence-corrected chi connectivity index (χ3v) is 8.22. The van der Waals surface area contributed by atoms with Crippen LogP contribution < -0.4 is 36.1 Å². The predicted molar refractivity (Wildman–Crippen MR) is 196 cm³/mol. The fraction of sp³-hybridized carbons (Fsp3) is 0.306. The molecule has 1 heterocycles. The number of aromatic nitrogens is 3. The summed E-state index contributed by atoms with van der Waals surface area (Å²) in [5.74, 6) is -4.22. The Bertz CT molecular complexity index is 2000. The number of aliphatic carboxylic acids is 1. The van der Waals surface area contributed by atoms with Gasteiger partial charge in [0, 0.05) is 35.1 Å². The largest absolute Gasteiger partial charge is 0.491 e. The Hall–Kier alpha value is -6.21. The Labute approximate surface area is 322 Å². The topological polar surface area (TPSA) is 215 Å². The summed E-state index contributed by atoms with van der Waals surface area (Å²) in [4.78, 5) is 61.9. The molecular weight excluding hydrogens is 765 g/mol. The van der Waals surface area contributed by atoms with Crippen LogP contribution in [0.5, 0.6) is 11.8 Å². The number of nitrogens with zero attached hydrogens (tertiary/aromatic N) is 3. The van der Waals surface area contributed by atoms with Crippen molar-refractivity contribution < 1.29 is 51.7 Å². The summed E-state index contributed by atoms with van der Waals surface area (Å²) in [6.45, 7) is 0.899. The molecule has 1 atom stereocenters. The Morgan fingerprint density at radius 3 is 2.14 bits per heavy atom. The van der Waals surface area contributed by atoms with Gasteiger partial charge in [0.25, 0.3) is 5.91 Å². The molecule has 1 aromatic heterocycles. The number of carbonyl (C=O) groups is 4. The van der Waals surface area contributed by atoms with Gasteiger partial charge in [-0.2, -0.15) is 28.1 Å². The number of carboxylic acid groups (broad SMARTS) is 1. The van der Waals surface area contributed by atoms with Gasteiger partial charge in [-0.1, -0.05) is 23.7 Å². The fourth-order valence-electron chi connectivity index (χ4n) is 5.01. The van der Waals surface area contributed by atoms with Crippen LogP contribution in [0.25, 0.3) is 0 Å². The van der Waals surface area contributed by atoms with Crippen LogP contribution in [0, 0.1) is 0 Å². The van der Waals surface area contributed by atoms with Gasteiger partial charge in [-0.3, -0.25) is 14.4 Å². The molecule has 1 fully saturated rings. The van der Waals surface area contributed by atoms with Crippen molar-refractivity contribution in [2.45, 2.75) is 37.5 Å². The lowest BCUT2D eigenvalue weighted by Crippen LogP contribution is -2.50. The molecule has 1 saturated carbocycles. The normalized spacial score (nSPS) is 13.4. The number of hydrogen-bond acceptors (Lipinski definition) is 12. The summed E-state index contributed by atoms with van der Waals surface area (Å²) in [5, 5.41) is 23.0. The summed E-state index contributed by atoms with van der Waals surface area (Å²) in [7, 11) is 0. The zero-order valence-electron chi connectivity index (χ0n) is 29.6. The van der Waals surface area contributed by atoms with Gasteiger partial charge >= 0.3 is 30.0 Å². The molecule has 0 unspecified atom stereocenters. The average Bonchev–Trinajstić information content (AvgIpc) is 3.95. The van der Waals surface area contributed by atoms with E-state index in [0.717, 1.165) is 5.56 Å². The molecular formula is C36H36ClF3N8O8. The minimum Gasteiger partial charge on any atom is -0.491 e. The minimum absolute atomic E-state index is 0.0158. The second kappa shape index (κ2) is 18.4. The Kier molecular flexibility index (Phi) is 13.5. The second-order valence-corrected chi connectivity index (χ2v) is 12.6. The molecule has 0 radical (unpaired) electrons. The van der Waals surface area contributed by atoms with Crippen molar-refractivity contribution in [3.05, 3.63) is 88.9 Å². The molecule has 0 bridgehead atoms. The maximum absolute atomic E-state index is 12.9. The first-order valence-electron chi connectivity index (χ1n) is 17.0. The fourth-order valence-corrected chi connectivity index (χ4v) is 5.13. The zero-order chi connectivity index (χ0) is 40.3. The predicted octanol–water partition coefficient (Wildman–Crippen LogP) is 4.66. The lowest BCUT2D eigenvalue weighted by Gasteiger charge is -2.19. The maximum Gasteiger partial charge on any atom is 0.422 e. The van der Waals surface area contributed by atoms with Gasteiger partial charge in [-0.05, 0) is 86.0 Å². The third kappa shape index (κ3) is 12.2. The number of amides is 3. The summed E-state index contributed by atoms with van der Waals surface area (Å²) >= 11 is 6.02. The first-order chi connectivity index (χ1) is 26.7. The van der Waals surface area contributed by atoms with Crippen LogP contribution in [0.3, 0.4) is 0 Å². The van der Waals surface area contributed by atoms with Crippen LogP contribution in [0.15, 0.2) is 72.8 Å². The Morgan fingerprint density at radius 2 is 1.52 bits per heavy atom. The smallest absolute Gasteiger partial charge is 0.422 e. The van der Waals surface area contributed by atoms with Crippen molar-refractivity contribution in [1.29, 1.82) is 0 Å². The molecule has 1 aliphatic rings. The highest BCUT2D eigenvalue weighted by atomic mass is 35.5. The van der Waals surface area contributed by atoms with Crippen LogP contribution in [0.2, 0.25) is 5.02 Å². The molecule has 16 nitrogen and oxygen atoms in total. The van der Waals surface area contributed by atoms with E-state index in [4.69, 9.17) is 25.8 Å². The van der Waals surface area contributed by atoms with Gasteiger partial charge in [0.15, 0.2) is 6.61 Å². The van der Waals surface area contributed by atoms with E-state index >= 15 is 0 Å². The molecule has 296 valence electrons. The van der Waals surface area contributed by atoms with E-state index < -0.39 is 60.6 Å². The van der Waals surface area contributed by atoms with Crippen LogP contribution in [-0.2, 0) is 24.7 Å². The number of carboxylic acids is 1. The minimum atomic E-state index is -4.65. The highest BCUT2D eigenvalue weighted by molar-refractivity contribution is 6.39. The first kappa shape index (κ1) is 41.0. The molecule has 0 spiro atoms. The number of ether oxygens (including phenoxy) is 3. The number of rotatable bonds is 18. The molecule has 3 amide bonds. The van der Waals surface area contributed by atoms with E-state index in [1.54, 1.807) is 24.3 Å². The number of carbonyl (C=O) groups excluding carboxylic acids is 3. The molecule has 1 aliphatic carbocycles. The van der Waals surface area contributed by atoms with Gasteiger partial charge in [-0.25, -0.2) is 4.79 Å². The molecule has 20 heteroatoms. The molecule has 56 heavy (non-hydrogen) atoms. The number of hydrogen-bond donors (Lipinski definition) is 6. The summed E-state index contributed by atoms with van der Waals surface area (Å²) in [6, 6.07) is 16.6. The maximum atomic E-state index is 12.9. The third-order valence-electron chi connectivity index (χ3n) is 7.97. The second-order valence-electron chi connectivity index (χ2n) is 12.2. The van der Waals surface area contributed by atoms with Crippen LogP contribution in [0.4, 0.5) is 36.4 Å². The summed E-state index contributed by atoms with van der Waals surface area (Å²) < 4.78 is 54.3. The molecule has 0 aliphatic heterocycles. The van der Waals surface area contributed by atoms with E-state index in [2.05, 4.69) is 41.5 Å². The molecule has 0 saturated heterocycles. The van der Waals surface area contributed by atoms with Crippen molar-refractivity contribution in [2.24, 2.45) is 0 Å². The zero-order valence-corrected chi connectivity index (χ0v) is 30.4. The standard InChI is InChI=1S/C36H36ClF3N8O8/c1-2-54-17-18-55-26-13-11-24(12-14-26)42-30(51)29(50)41-19-27(31(52)53)44-28(49)21-3-9-25(10-4-21)43-32-45-33(47-34(46-32)56-20-36(38,39)40)48-35(15-16-35)22-5-7-23(37)8-6-22/h3-14,27H,2,15-20H2,1H3,(H,41,50)(H,42,51)(H,44,49)(H,52,53)(H2,43,45,46,47,48)/t27-/m0/s1. The number of halogens is 4. The lowest BCUT2D eigenvalue weighted by molar-refractivity contribution is -0.154. The lowest BCUT2D eigenvalue weighted by atomic mass is 10.1. The first-order valence-corrected chi connectivity index (χ1v) is 17.4. The van der Waals surface area contributed by atoms with E-state index in [9.17, 15) is 37.5 Å². The molecule has 4 aromatic rings. The van der Waals surface area contributed by atoms with Gasteiger partial charge in [-0.15, -0.1) is 0 Å². The van der Waals surface area contributed by atoms with Crippen molar-refractivity contribution in [3.8, 4) is 11.8 Å². The van der Waals surface area contributed by atoms with E-state index in [1.807, 2.05) is 19.1 Å². The number of anilines is 4. The number of alkyl halides is 3. The van der Waals surface area contributed by atoms with Crippen molar-refractivity contribution in [3.63, 3.8) is 0 Å². The highest BCUT2D eigenvalue weighted by Gasteiger charge is 2.45. The molecule has 3 aromatic carbocycles. The summed E-state index contributed by atoms with van der Waals surface area (Å²) in [6.07, 6.45) is -3.27.